The van der Waals surface area contributed by atoms with Gasteiger partial charge in [0.15, 0.2) is 0 Å². The molecule has 0 aliphatic carbocycles. The Balaban J connectivity index is 0.000000260. The molecule has 0 saturated heterocycles. The molecule has 0 atom stereocenters. The minimum absolute atomic E-state index is 0.613. The molecule has 0 heterocycles. The first-order valence-corrected chi connectivity index (χ1v) is 14.3. The number of hydrogen-bond acceptors (Lipinski definition) is 1. The third-order valence-corrected chi connectivity index (χ3v) is 8.88. The fourth-order valence-electron chi connectivity index (χ4n) is 2.74. The normalized spacial score (nSPS) is 10.2. The van der Waals surface area contributed by atoms with E-state index < -0.39 is 23.2 Å². The van der Waals surface area contributed by atoms with Crippen LogP contribution >= 0.6 is 0 Å². The van der Waals surface area contributed by atoms with E-state index in [2.05, 4.69) is 67.6 Å². The van der Waals surface area contributed by atoms with Crippen molar-refractivity contribution in [2.45, 2.75) is 71.1 Å². The molecule has 142 valence electrons. The first-order valence-electron chi connectivity index (χ1n) is 10.3. The summed E-state index contributed by atoms with van der Waals surface area (Å²) in [4.78, 5) is 0. The summed E-state index contributed by atoms with van der Waals surface area (Å²) >= 11 is 4.29. The van der Waals surface area contributed by atoms with Crippen molar-refractivity contribution < 1.29 is 0 Å². The molecule has 0 N–H and O–H groups in total. The number of hydrogen-bond donors (Lipinski definition) is 0. The van der Waals surface area contributed by atoms with Crippen LogP contribution in [0.25, 0.3) is 0 Å². The van der Waals surface area contributed by atoms with Gasteiger partial charge in [-0.2, -0.15) is 5.75 Å². The topological polar surface area (TPSA) is 0 Å². The van der Waals surface area contributed by atoms with Gasteiger partial charge in [-0.15, -0.1) is 0 Å². The van der Waals surface area contributed by atoms with Crippen molar-refractivity contribution in [2.75, 3.05) is 5.75 Å². The second kappa shape index (κ2) is 18.1. The van der Waals surface area contributed by atoms with Crippen molar-refractivity contribution in [3.05, 3.63) is 60.7 Å². The summed E-state index contributed by atoms with van der Waals surface area (Å²) in [6, 6.07) is 21.6. The van der Waals surface area contributed by atoms with Crippen molar-refractivity contribution in [3.8, 4) is 0 Å². The maximum atomic E-state index is 4.90. The van der Waals surface area contributed by atoms with Crippen LogP contribution in [0.1, 0.15) is 71.1 Å². The molecule has 0 aliphatic heterocycles. The van der Waals surface area contributed by atoms with Crippen molar-refractivity contribution in [2.24, 2.45) is 0 Å². The van der Waals surface area contributed by atoms with Gasteiger partial charge < -0.3 is 12.6 Å². The zero-order valence-corrected chi connectivity index (χ0v) is 20.7. The van der Waals surface area contributed by atoms with Crippen LogP contribution in [0.4, 0.5) is 0 Å². The molecule has 0 bridgehead atoms. The zero-order chi connectivity index (χ0) is 18.7. The Labute approximate surface area is 179 Å². The molecule has 2 radical (unpaired) electrons. The van der Waals surface area contributed by atoms with Gasteiger partial charge in [0.25, 0.3) is 0 Å². The second-order valence-corrected chi connectivity index (χ2v) is 12.0. The Bertz CT molecular complexity index is 465. The Morgan fingerprint density at radius 1 is 0.577 bits per heavy atom. The quantitative estimate of drug-likeness (QED) is 0.179. The second-order valence-electron chi connectivity index (χ2n) is 6.67. The monoisotopic (exact) mass is 564 g/mol. The van der Waals surface area contributed by atoms with Gasteiger partial charge in [0, 0.05) is 0 Å². The van der Waals surface area contributed by atoms with E-state index in [0.29, 0.717) is 0 Å². The first kappa shape index (κ1) is 23.7. The average molecular weight is 565 g/mol. The molecule has 0 fully saturated rings. The van der Waals surface area contributed by atoms with Gasteiger partial charge in [-0.3, -0.25) is 0 Å². The van der Waals surface area contributed by atoms with Crippen LogP contribution in [0, 0.1) is 0 Å². The first-order chi connectivity index (χ1) is 12.9. The van der Waals surface area contributed by atoms with Gasteiger partial charge >= 0.3 is 90.4 Å². The van der Waals surface area contributed by atoms with Crippen LogP contribution in [-0.2, 0) is 12.6 Å². The Morgan fingerprint density at radius 2 is 0.962 bits per heavy atom. The van der Waals surface area contributed by atoms with Crippen molar-refractivity contribution in [3.63, 3.8) is 0 Å². The van der Waals surface area contributed by atoms with Crippen LogP contribution in [0.3, 0.4) is 0 Å². The van der Waals surface area contributed by atoms with Gasteiger partial charge in [0.1, 0.15) is 0 Å². The van der Waals surface area contributed by atoms with E-state index in [9.17, 15) is 0 Å². The molecule has 2 rings (SSSR count). The van der Waals surface area contributed by atoms with E-state index in [1.165, 1.54) is 64.2 Å². The van der Waals surface area contributed by atoms with Crippen molar-refractivity contribution >= 4 is 42.4 Å². The van der Waals surface area contributed by atoms with Gasteiger partial charge in [-0.25, -0.2) is 0 Å². The molecule has 2 aromatic rings. The predicted octanol–water partition coefficient (Wildman–Crippen LogP) is 5.80. The Kier molecular flexibility index (Phi) is 16.5. The summed E-state index contributed by atoms with van der Waals surface area (Å²) in [5, 5.41) is 0. The van der Waals surface area contributed by atoms with E-state index in [-0.39, 0.29) is 0 Å². The predicted molar refractivity (Wildman–Crippen MR) is 122 cm³/mol. The molecule has 26 heavy (non-hydrogen) atoms. The summed E-state index contributed by atoms with van der Waals surface area (Å²) < 4.78 is 3.10. The van der Waals surface area contributed by atoms with E-state index in [4.69, 9.17) is 12.6 Å². The molecule has 0 unspecified atom stereocenters. The molecule has 0 nitrogen and oxygen atoms in total. The van der Waals surface area contributed by atoms with E-state index in [0.717, 1.165) is 5.75 Å². The minimum atomic E-state index is -0.613. The van der Waals surface area contributed by atoms with Crippen molar-refractivity contribution in [1.29, 1.82) is 0 Å². The van der Waals surface area contributed by atoms with Crippen LogP contribution in [0.5, 0.6) is 0 Å². The van der Waals surface area contributed by atoms with E-state index in [1.807, 2.05) is 0 Å². The van der Waals surface area contributed by atoms with Crippen LogP contribution in [-0.4, -0.2) is 29.0 Å². The maximum absolute atomic E-state index is 4.90. The third-order valence-electron chi connectivity index (χ3n) is 4.27. The molecule has 2 heteroatoms. The zero-order valence-electron chi connectivity index (χ0n) is 16.4. The fourth-order valence-corrected chi connectivity index (χ4v) is 6.60. The summed E-state index contributed by atoms with van der Waals surface area (Å²) in [6.07, 6.45) is 14.0. The SMILES string of the molecule is CCCCCCCCCCCC[S-].c1cc[c]([Bi+][c]2ccccc2)cc1. The summed E-state index contributed by atoms with van der Waals surface area (Å²) in [5.41, 5.74) is 0. The molecule has 0 amide bonds. The Morgan fingerprint density at radius 3 is 1.35 bits per heavy atom. The molecular formula is C24H35BiS. The van der Waals surface area contributed by atoms with Gasteiger partial charge in [-0.1, -0.05) is 71.1 Å². The fraction of sp³-hybridized carbons (Fsp3) is 0.500. The molecule has 0 saturated carbocycles. The summed E-state index contributed by atoms with van der Waals surface area (Å²) in [7, 11) is 0. The molecule has 0 aromatic heterocycles. The van der Waals surface area contributed by atoms with Gasteiger partial charge in [0.2, 0.25) is 0 Å². The third kappa shape index (κ3) is 13.8. The molecular weight excluding hydrogens is 529 g/mol. The summed E-state index contributed by atoms with van der Waals surface area (Å²) in [6.45, 7) is 2.27. The van der Waals surface area contributed by atoms with Gasteiger partial charge in [0.05, 0.1) is 0 Å². The summed E-state index contributed by atoms with van der Waals surface area (Å²) in [5.74, 6) is 0.955. The van der Waals surface area contributed by atoms with Crippen molar-refractivity contribution in [1.82, 2.24) is 0 Å². The van der Waals surface area contributed by atoms with Crippen LogP contribution in [0.15, 0.2) is 60.7 Å². The van der Waals surface area contributed by atoms with E-state index >= 15 is 0 Å². The molecule has 2 aromatic carbocycles. The number of benzene rings is 2. The van der Waals surface area contributed by atoms with E-state index in [1.54, 1.807) is 6.54 Å². The standard InChI is InChI=1S/C12H26S.2C6H5.Bi/c1-2-3-4-5-6-7-8-9-10-11-12-13;2*1-2-4-6-5-3-1;/h13H,2-12H2,1H3;2*1-5H;/q;;;+1/p-1. The average Bonchev–Trinajstić information content (AvgIpc) is 2.69. The van der Waals surface area contributed by atoms with Crippen LogP contribution < -0.4 is 6.54 Å². The van der Waals surface area contributed by atoms with Gasteiger partial charge in [-0.05, 0) is 0 Å². The molecule has 0 spiro atoms. The number of rotatable bonds is 12. The van der Waals surface area contributed by atoms with Crippen LogP contribution in [0.2, 0.25) is 0 Å². The number of unbranched alkanes of at least 4 members (excludes halogenated alkanes) is 9. The molecule has 0 aliphatic rings. The Hall–Kier alpha value is -0.327.